The quantitative estimate of drug-likeness (QED) is 0.310. The third-order valence-electron chi connectivity index (χ3n) is 8.09. The topological polar surface area (TPSA) is 68.2 Å². The number of amides is 2. The molecular weight excluding hydrogens is 541 g/mol. The van der Waals surface area contributed by atoms with Crippen molar-refractivity contribution in [1.82, 2.24) is 15.1 Å². The maximum absolute atomic E-state index is 13.5. The van der Waals surface area contributed by atoms with E-state index in [9.17, 15) is 14.0 Å². The van der Waals surface area contributed by atoms with Gasteiger partial charge in [-0.3, -0.25) is 9.59 Å². The molecule has 1 saturated heterocycles. The van der Waals surface area contributed by atoms with Crippen LogP contribution in [0.3, 0.4) is 0 Å². The Morgan fingerprint density at radius 1 is 0.814 bits per heavy atom. The normalized spacial score (nSPS) is 16.4. The summed E-state index contributed by atoms with van der Waals surface area (Å²) < 4.78 is 13.4. The summed E-state index contributed by atoms with van der Waals surface area (Å²) in [6, 6.07) is 32.4. The number of hydrogen-bond donors (Lipinski definition) is 1. The van der Waals surface area contributed by atoms with Crippen LogP contribution in [0.2, 0.25) is 0 Å². The molecule has 2 amide bonds. The van der Waals surface area contributed by atoms with Gasteiger partial charge in [0.1, 0.15) is 5.82 Å². The molecule has 2 aliphatic rings. The van der Waals surface area contributed by atoms with Gasteiger partial charge >= 0.3 is 0 Å². The van der Waals surface area contributed by atoms with E-state index in [0.717, 1.165) is 39.6 Å². The number of benzene rings is 4. The molecule has 0 saturated carbocycles. The van der Waals surface area contributed by atoms with Gasteiger partial charge in [-0.1, -0.05) is 72.8 Å². The van der Waals surface area contributed by atoms with E-state index in [0.29, 0.717) is 32.7 Å². The van der Waals surface area contributed by atoms with E-state index in [-0.39, 0.29) is 30.1 Å². The molecule has 0 bridgehead atoms. The van der Waals surface area contributed by atoms with Gasteiger partial charge in [0.25, 0.3) is 0 Å². The lowest BCUT2D eigenvalue weighted by atomic mass is 9.96. The number of rotatable bonds is 6. The van der Waals surface area contributed by atoms with Crippen LogP contribution in [0.5, 0.6) is 0 Å². The van der Waals surface area contributed by atoms with Gasteiger partial charge in [0.2, 0.25) is 17.8 Å². The molecule has 7 nitrogen and oxygen atoms in total. The van der Waals surface area contributed by atoms with Crippen molar-refractivity contribution in [3.05, 3.63) is 120 Å². The fourth-order valence-electron chi connectivity index (χ4n) is 5.75. The van der Waals surface area contributed by atoms with Crippen LogP contribution < -0.4 is 10.2 Å². The van der Waals surface area contributed by atoms with Crippen LogP contribution >= 0.6 is 0 Å². The highest BCUT2D eigenvalue weighted by Crippen LogP contribution is 2.41. The smallest absolute Gasteiger partial charge is 0.222 e. The number of nitrogens with zero attached hydrogens (tertiary/aromatic N) is 4. The lowest BCUT2D eigenvalue weighted by molar-refractivity contribution is -0.130. The Morgan fingerprint density at radius 3 is 2.16 bits per heavy atom. The van der Waals surface area contributed by atoms with Gasteiger partial charge in [-0.25, -0.2) is 9.38 Å². The van der Waals surface area contributed by atoms with Crippen LogP contribution in [0.4, 0.5) is 15.8 Å². The van der Waals surface area contributed by atoms with E-state index >= 15 is 0 Å². The zero-order valence-electron chi connectivity index (χ0n) is 24.1. The monoisotopic (exact) mass is 575 g/mol. The summed E-state index contributed by atoms with van der Waals surface area (Å²) in [5.74, 6) is 0.418. The van der Waals surface area contributed by atoms with Gasteiger partial charge in [0.15, 0.2) is 0 Å². The first-order chi connectivity index (χ1) is 21.0. The average Bonchev–Trinajstić information content (AvgIpc) is 3.05. The number of piperazine rings is 1. The minimum Gasteiger partial charge on any atom is -0.352 e. The minimum atomic E-state index is -0.315. The third kappa shape index (κ3) is 6.28. The van der Waals surface area contributed by atoms with Crippen molar-refractivity contribution in [2.24, 2.45) is 4.99 Å². The first kappa shape index (κ1) is 28.2. The van der Waals surface area contributed by atoms with Crippen LogP contribution in [0.15, 0.2) is 108 Å². The number of para-hydroxylation sites is 1. The summed E-state index contributed by atoms with van der Waals surface area (Å²) in [4.78, 5) is 36.9. The zero-order chi connectivity index (χ0) is 29.8. The van der Waals surface area contributed by atoms with Crippen molar-refractivity contribution >= 4 is 29.1 Å². The second-order valence-electron chi connectivity index (χ2n) is 10.9. The highest BCUT2D eigenvalue weighted by Gasteiger charge is 2.36. The molecule has 2 aliphatic heterocycles. The van der Waals surface area contributed by atoms with E-state index in [4.69, 9.17) is 4.99 Å². The second-order valence-corrected chi connectivity index (χ2v) is 10.9. The molecule has 218 valence electrons. The van der Waals surface area contributed by atoms with E-state index < -0.39 is 0 Å². The number of hydrogen-bond acceptors (Lipinski definition) is 5. The highest BCUT2D eigenvalue weighted by atomic mass is 19.1. The summed E-state index contributed by atoms with van der Waals surface area (Å²) in [7, 11) is 0. The average molecular weight is 576 g/mol. The SMILES string of the molecule is CC(=O)N1CCN(C2=Nc3ccccc3C(CC(=O)NCc3ccc(F)cc3)N2c2ccc(-c3ccccc3)cc2)CC1. The number of fused-ring (bicyclic) bond motifs is 1. The molecule has 43 heavy (non-hydrogen) atoms. The lowest BCUT2D eigenvalue weighted by Crippen LogP contribution is -2.56. The number of carbonyl (C=O) groups is 2. The standard InChI is InChI=1S/C35H34FN5O2/c1-25(42)39-19-21-40(22-20-39)35-38-32-10-6-5-9-31(32)33(23-34(43)37-24-26-11-15-29(36)16-12-26)41(35)30-17-13-28(14-18-30)27-7-3-2-4-8-27/h2-18,33H,19-24H2,1H3,(H,37,43). The summed E-state index contributed by atoms with van der Waals surface area (Å²) in [5.41, 5.74) is 5.79. The molecule has 1 N–H and O–H groups in total. The molecule has 0 spiro atoms. The van der Waals surface area contributed by atoms with Crippen LogP contribution in [0.25, 0.3) is 11.1 Å². The molecule has 4 aromatic carbocycles. The van der Waals surface area contributed by atoms with Crippen LogP contribution in [-0.4, -0.2) is 53.8 Å². The molecule has 2 heterocycles. The molecule has 1 fully saturated rings. The zero-order valence-corrected chi connectivity index (χ0v) is 24.1. The van der Waals surface area contributed by atoms with Gasteiger partial charge in [-0.05, 0) is 47.0 Å². The largest absolute Gasteiger partial charge is 0.352 e. The Bertz CT molecular complexity index is 1610. The van der Waals surface area contributed by atoms with Crippen LogP contribution in [-0.2, 0) is 16.1 Å². The van der Waals surface area contributed by atoms with E-state index in [2.05, 4.69) is 51.5 Å². The van der Waals surface area contributed by atoms with Crippen molar-refractivity contribution in [3.8, 4) is 11.1 Å². The number of halogens is 1. The summed E-state index contributed by atoms with van der Waals surface area (Å²) in [5, 5.41) is 3.03. The highest BCUT2D eigenvalue weighted by molar-refractivity contribution is 6.01. The van der Waals surface area contributed by atoms with Gasteiger partial charge in [0, 0.05) is 50.9 Å². The van der Waals surface area contributed by atoms with Gasteiger partial charge in [-0.2, -0.15) is 0 Å². The van der Waals surface area contributed by atoms with Gasteiger partial charge in [0.05, 0.1) is 18.2 Å². The minimum absolute atomic E-state index is 0.0691. The number of aliphatic imine (C=N–C) groups is 1. The Morgan fingerprint density at radius 2 is 1.47 bits per heavy atom. The first-order valence-corrected chi connectivity index (χ1v) is 14.6. The van der Waals surface area contributed by atoms with Gasteiger partial charge < -0.3 is 20.0 Å². The predicted octanol–water partition coefficient (Wildman–Crippen LogP) is 5.91. The number of guanidine groups is 1. The summed E-state index contributed by atoms with van der Waals surface area (Å²) >= 11 is 0. The maximum Gasteiger partial charge on any atom is 0.222 e. The molecular formula is C35H34FN5O2. The Hall–Kier alpha value is -4.98. The van der Waals surface area contributed by atoms with E-state index in [1.165, 1.54) is 12.1 Å². The summed E-state index contributed by atoms with van der Waals surface area (Å²) in [6.45, 7) is 4.42. The van der Waals surface area contributed by atoms with Crippen LogP contribution in [0.1, 0.15) is 30.5 Å². The molecule has 8 heteroatoms. The lowest BCUT2D eigenvalue weighted by Gasteiger charge is -2.44. The number of carbonyl (C=O) groups excluding carboxylic acids is 2. The fourth-order valence-corrected chi connectivity index (χ4v) is 5.75. The van der Waals surface area contributed by atoms with Crippen molar-refractivity contribution in [3.63, 3.8) is 0 Å². The third-order valence-corrected chi connectivity index (χ3v) is 8.09. The van der Waals surface area contributed by atoms with Crippen molar-refractivity contribution < 1.29 is 14.0 Å². The van der Waals surface area contributed by atoms with Crippen molar-refractivity contribution in [2.45, 2.75) is 25.9 Å². The Labute approximate surface area is 251 Å². The van der Waals surface area contributed by atoms with E-state index in [1.54, 1.807) is 19.1 Å². The molecule has 1 atom stereocenters. The fraction of sp³-hybridized carbons (Fsp3) is 0.229. The first-order valence-electron chi connectivity index (χ1n) is 14.6. The summed E-state index contributed by atoms with van der Waals surface area (Å²) in [6.07, 6.45) is 0.199. The predicted molar refractivity (Wildman–Crippen MR) is 167 cm³/mol. The van der Waals surface area contributed by atoms with Gasteiger partial charge in [-0.15, -0.1) is 0 Å². The second kappa shape index (κ2) is 12.5. The molecule has 6 rings (SSSR count). The van der Waals surface area contributed by atoms with Crippen molar-refractivity contribution in [1.29, 1.82) is 0 Å². The van der Waals surface area contributed by atoms with E-state index in [1.807, 2.05) is 47.4 Å². The molecule has 4 aromatic rings. The molecule has 0 aromatic heterocycles. The molecule has 0 aliphatic carbocycles. The maximum atomic E-state index is 13.5. The number of anilines is 1. The Balaban J connectivity index is 1.34. The van der Waals surface area contributed by atoms with Crippen molar-refractivity contribution in [2.75, 3.05) is 31.1 Å². The molecule has 0 radical (unpaired) electrons. The Kier molecular flexibility index (Phi) is 8.18. The molecule has 1 unspecified atom stereocenters. The van der Waals surface area contributed by atoms with Crippen LogP contribution in [0, 0.1) is 5.82 Å². The number of nitrogens with one attached hydrogen (secondary N) is 1.